The molecule has 0 saturated carbocycles. The van der Waals surface area contributed by atoms with Crippen molar-refractivity contribution in [3.05, 3.63) is 78.1 Å². The van der Waals surface area contributed by atoms with Crippen molar-refractivity contribution in [1.82, 2.24) is 0 Å². The average molecular weight is 264 g/mol. The van der Waals surface area contributed by atoms with Crippen LogP contribution in [0, 0.1) is 5.82 Å². The van der Waals surface area contributed by atoms with Crippen molar-refractivity contribution in [2.24, 2.45) is 5.10 Å². The first-order valence-electron chi connectivity index (χ1n) is 6.35. The molecule has 0 aliphatic carbocycles. The predicted octanol–water partition coefficient (Wildman–Crippen LogP) is 4.42. The van der Waals surface area contributed by atoms with Gasteiger partial charge >= 0.3 is 0 Å². The lowest BCUT2D eigenvalue weighted by molar-refractivity contribution is 0.628. The van der Waals surface area contributed by atoms with Crippen molar-refractivity contribution >= 4 is 22.7 Å². The SMILES string of the molecule is Fc1ccc(N/N=C\c2cccc3ccccc23)cc1. The fraction of sp³-hybridized carbons (Fsp3) is 0. The first kappa shape index (κ1) is 12.4. The Labute approximate surface area is 116 Å². The molecule has 3 heteroatoms. The first-order chi connectivity index (χ1) is 9.83. The molecule has 0 saturated heterocycles. The van der Waals surface area contributed by atoms with Crippen LogP contribution in [-0.4, -0.2) is 6.21 Å². The molecule has 0 radical (unpaired) electrons. The van der Waals surface area contributed by atoms with E-state index in [0.29, 0.717) is 0 Å². The number of nitrogens with zero attached hydrogens (tertiary/aromatic N) is 1. The Morgan fingerprint density at radius 2 is 1.60 bits per heavy atom. The molecule has 0 spiro atoms. The van der Waals surface area contributed by atoms with Gasteiger partial charge in [-0.2, -0.15) is 5.10 Å². The van der Waals surface area contributed by atoms with Gasteiger partial charge in [-0.3, -0.25) is 5.43 Å². The molecule has 0 aliphatic rings. The number of halogens is 1. The number of benzene rings is 3. The quantitative estimate of drug-likeness (QED) is 0.549. The van der Waals surface area contributed by atoms with E-state index in [1.54, 1.807) is 18.3 Å². The van der Waals surface area contributed by atoms with Gasteiger partial charge in [0.1, 0.15) is 5.82 Å². The van der Waals surface area contributed by atoms with E-state index in [9.17, 15) is 4.39 Å². The summed E-state index contributed by atoms with van der Waals surface area (Å²) < 4.78 is 12.8. The lowest BCUT2D eigenvalue weighted by Gasteiger charge is -2.02. The van der Waals surface area contributed by atoms with Gasteiger partial charge in [0.05, 0.1) is 11.9 Å². The second kappa shape index (κ2) is 5.53. The molecule has 3 rings (SSSR count). The molecule has 98 valence electrons. The number of hydrogen-bond acceptors (Lipinski definition) is 2. The summed E-state index contributed by atoms with van der Waals surface area (Å²) in [5.74, 6) is -0.256. The van der Waals surface area contributed by atoms with Gasteiger partial charge in [0.2, 0.25) is 0 Å². The molecular weight excluding hydrogens is 251 g/mol. The Bertz CT molecular complexity index is 743. The van der Waals surface area contributed by atoms with E-state index in [1.165, 1.54) is 17.5 Å². The fourth-order valence-electron chi connectivity index (χ4n) is 2.06. The molecule has 2 nitrogen and oxygen atoms in total. The maximum atomic E-state index is 12.8. The summed E-state index contributed by atoms with van der Waals surface area (Å²) in [6.45, 7) is 0. The summed E-state index contributed by atoms with van der Waals surface area (Å²) in [6.07, 6.45) is 1.77. The Balaban J connectivity index is 1.82. The third kappa shape index (κ3) is 2.67. The number of fused-ring (bicyclic) bond motifs is 1. The average Bonchev–Trinajstić information content (AvgIpc) is 2.49. The zero-order valence-corrected chi connectivity index (χ0v) is 10.8. The Morgan fingerprint density at radius 3 is 2.45 bits per heavy atom. The van der Waals surface area contributed by atoms with Crippen LogP contribution in [0.2, 0.25) is 0 Å². The van der Waals surface area contributed by atoms with Crippen LogP contribution in [0.4, 0.5) is 10.1 Å². The second-order valence-electron chi connectivity index (χ2n) is 4.45. The number of anilines is 1. The van der Waals surface area contributed by atoms with Gasteiger partial charge in [-0.15, -0.1) is 0 Å². The lowest BCUT2D eigenvalue weighted by atomic mass is 10.1. The summed E-state index contributed by atoms with van der Waals surface area (Å²) in [5, 5.41) is 6.53. The smallest absolute Gasteiger partial charge is 0.123 e. The molecule has 0 fully saturated rings. The summed E-state index contributed by atoms with van der Waals surface area (Å²) in [6, 6.07) is 20.3. The largest absolute Gasteiger partial charge is 0.279 e. The van der Waals surface area contributed by atoms with Crippen molar-refractivity contribution in [3.63, 3.8) is 0 Å². The summed E-state index contributed by atoms with van der Waals surface area (Å²) in [5.41, 5.74) is 4.68. The Hall–Kier alpha value is -2.68. The predicted molar refractivity (Wildman–Crippen MR) is 81.6 cm³/mol. The van der Waals surface area contributed by atoms with Crippen LogP contribution in [-0.2, 0) is 0 Å². The van der Waals surface area contributed by atoms with Crippen molar-refractivity contribution < 1.29 is 4.39 Å². The molecule has 1 N–H and O–H groups in total. The van der Waals surface area contributed by atoms with Gasteiger partial charge < -0.3 is 0 Å². The third-order valence-electron chi connectivity index (χ3n) is 3.06. The topological polar surface area (TPSA) is 24.4 Å². The summed E-state index contributed by atoms with van der Waals surface area (Å²) in [7, 11) is 0. The van der Waals surface area contributed by atoms with Gasteiger partial charge in [-0.25, -0.2) is 4.39 Å². The zero-order valence-electron chi connectivity index (χ0n) is 10.8. The highest BCUT2D eigenvalue weighted by molar-refractivity contribution is 5.99. The minimum atomic E-state index is -0.256. The molecule has 0 atom stereocenters. The van der Waals surface area contributed by atoms with Gasteiger partial charge in [0.15, 0.2) is 0 Å². The summed E-state index contributed by atoms with van der Waals surface area (Å²) in [4.78, 5) is 0. The number of nitrogens with one attached hydrogen (secondary N) is 1. The van der Waals surface area contributed by atoms with E-state index in [2.05, 4.69) is 28.7 Å². The Kier molecular flexibility index (Phi) is 3.42. The molecule has 0 aromatic heterocycles. The second-order valence-corrected chi connectivity index (χ2v) is 4.45. The van der Waals surface area contributed by atoms with E-state index in [1.807, 2.05) is 24.3 Å². The van der Waals surface area contributed by atoms with Crippen molar-refractivity contribution in [3.8, 4) is 0 Å². The van der Waals surface area contributed by atoms with Crippen LogP contribution >= 0.6 is 0 Å². The fourth-order valence-corrected chi connectivity index (χ4v) is 2.06. The third-order valence-corrected chi connectivity index (χ3v) is 3.06. The van der Waals surface area contributed by atoms with Crippen LogP contribution in [0.1, 0.15) is 5.56 Å². The normalized spacial score (nSPS) is 11.1. The first-order valence-corrected chi connectivity index (χ1v) is 6.35. The molecule has 0 unspecified atom stereocenters. The molecule has 0 amide bonds. The highest BCUT2D eigenvalue weighted by Gasteiger charge is 1.97. The minimum Gasteiger partial charge on any atom is -0.279 e. The van der Waals surface area contributed by atoms with Crippen molar-refractivity contribution in [2.75, 3.05) is 5.43 Å². The monoisotopic (exact) mass is 264 g/mol. The van der Waals surface area contributed by atoms with Gasteiger partial charge in [0.25, 0.3) is 0 Å². The van der Waals surface area contributed by atoms with Gasteiger partial charge in [0, 0.05) is 5.56 Å². The van der Waals surface area contributed by atoms with Crippen LogP contribution in [0.5, 0.6) is 0 Å². The number of rotatable bonds is 3. The van der Waals surface area contributed by atoms with Gasteiger partial charge in [-0.1, -0.05) is 42.5 Å². The number of hydrogen-bond donors (Lipinski definition) is 1. The van der Waals surface area contributed by atoms with Gasteiger partial charge in [-0.05, 0) is 35.0 Å². The lowest BCUT2D eigenvalue weighted by Crippen LogP contribution is -1.91. The van der Waals surface area contributed by atoms with Crippen LogP contribution in [0.15, 0.2) is 71.8 Å². The van der Waals surface area contributed by atoms with Crippen molar-refractivity contribution in [2.45, 2.75) is 0 Å². The Morgan fingerprint density at radius 1 is 0.850 bits per heavy atom. The number of hydrazone groups is 1. The molecule has 3 aromatic carbocycles. The molecule has 3 aromatic rings. The highest BCUT2D eigenvalue weighted by Crippen LogP contribution is 2.17. The standard InChI is InChI=1S/C17H13FN2/c18-15-8-10-16(11-9-15)20-19-12-14-6-3-5-13-4-1-2-7-17(13)14/h1-12,20H/b19-12-. The van der Waals surface area contributed by atoms with E-state index in [0.717, 1.165) is 16.6 Å². The van der Waals surface area contributed by atoms with Crippen LogP contribution < -0.4 is 5.43 Å². The molecule has 0 aliphatic heterocycles. The minimum absolute atomic E-state index is 0.256. The highest BCUT2D eigenvalue weighted by atomic mass is 19.1. The van der Waals surface area contributed by atoms with E-state index in [4.69, 9.17) is 0 Å². The zero-order chi connectivity index (χ0) is 13.8. The maximum Gasteiger partial charge on any atom is 0.123 e. The van der Waals surface area contributed by atoms with E-state index >= 15 is 0 Å². The van der Waals surface area contributed by atoms with E-state index < -0.39 is 0 Å². The van der Waals surface area contributed by atoms with Crippen molar-refractivity contribution in [1.29, 1.82) is 0 Å². The molecule has 0 heterocycles. The van der Waals surface area contributed by atoms with E-state index in [-0.39, 0.29) is 5.82 Å². The maximum absolute atomic E-state index is 12.8. The molecule has 20 heavy (non-hydrogen) atoms. The van der Waals surface area contributed by atoms with Crippen LogP contribution in [0.25, 0.3) is 10.8 Å². The molecule has 0 bridgehead atoms. The molecular formula is C17H13FN2. The summed E-state index contributed by atoms with van der Waals surface area (Å²) >= 11 is 0. The van der Waals surface area contributed by atoms with Crippen LogP contribution in [0.3, 0.4) is 0 Å².